The number of nitrogens with zero attached hydrogens (tertiary/aromatic N) is 5. The lowest BCUT2D eigenvalue weighted by Gasteiger charge is -2.24. The van der Waals surface area contributed by atoms with Crippen LogP contribution in [0.2, 0.25) is 0 Å². The number of aryl methyl sites for hydroxylation is 2. The summed E-state index contributed by atoms with van der Waals surface area (Å²) in [5.74, 6) is -0.0735. The molecule has 22 nitrogen and oxygen atoms in total. The van der Waals surface area contributed by atoms with Crippen molar-refractivity contribution in [2.75, 3.05) is 19.5 Å². The first-order chi connectivity index (χ1) is 20.4. The predicted octanol–water partition coefficient (Wildman–Crippen LogP) is 0.664. The van der Waals surface area contributed by atoms with Crippen LogP contribution in [0.15, 0.2) is 12.4 Å². The van der Waals surface area contributed by atoms with Gasteiger partial charge in [-0.1, -0.05) is 12.2 Å². The lowest BCUT2D eigenvalue weighted by molar-refractivity contribution is -0.0535. The smallest absolute Gasteiger partial charge is 0.438 e. The van der Waals surface area contributed by atoms with Crippen LogP contribution in [0.25, 0.3) is 11.2 Å². The molecule has 1 fully saturated rings. The topological polar surface area (TPSA) is 307 Å². The number of hydrogen-bond acceptors (Lipinski definition) is 15. The largest absolute Gasteiger partial charge is 0.490 e. The molecule has 44 heavy (non-hydrogen) atoms. The predicted molar refractivity (Wildman–Crippen MR) is 147 cm³/mol. The molecule has 8 N–H and O–H groups in total. The monoisotopic (exact) mass is 704 g/mol. The van der Waals surface area contributed by atoms with Gasteiger partial charge in [0, 0.05) is 19.9 Å². The third-order valence-electron chi connectivity index (χ3n) is 5.94. The van der Waals surface area contributed by atoms with Crippen molar-refractivity contribution in [2.45, 2.75) is 38.0 Å². The standard InChI is InChI=1S/C18H27N8O14P3S/c1-8-4-9(24-25(8)2)5-20-18(27)38-13-12(35-3)10(6-36-42(31,32)40-43(33,34)39-41(28,29)30)37-16(13)26-7-21-11-14(26)22-17(19)23-15(11)44/h4,7,10,12-13,16H,5-6H2,1-3H3,(H,20,27)(H,31,32)(H,33,34)(H2,28,29,30)(H3,19,22,23,44). The molecule has 1 aliphatic heterocycles. The molecule has 26 heteroatoms. The van der Waals surface area contributed by atoms with Crippen LogP contribution in [-0.4, -0.2) is 87.0 Å². The van der Waals surface area contributed by atoms with Gasteiger partial charge in [-0.15, -0.1) is 0 Å². The van der Waals surface area contributed by atoms with Crippen LogP contribution >= 0.6 is 35.7 Å². The molecule has 0 radical (unpaired) electrons. The van der Waals surface area contributed by atoms with Crippen molar-refractivity contribution in [3.05, 3.63) is 28.4 Å². The summed E-state index contributed by atoms with van der Waals surface area (Å²) in [6, 6.07) is 1.75. The number of H-pyrrole nitrogens is 1. The lowest BCUT2D eigenvalue weighted by Crippen LogP contribution is -2.41. The van der Waals surface area contributed by atoms with E-state index in [1.54, 1.807) is 17.8 Å². The summed E-state index contributed by atoms with van der Waals surface area (Å²) in [4.78, 5) is 60.5. The van der Waals surface area contributed by atoms with Crippen molar-refractivity contribution in [1.29, 1.82) is 0 Å². The molecule has 3 aromatic rings. The Morgan fingerprint density at radius 3 is 2.52 bits per heavy atom. The number of methoxy groups -OCH3 is 1. The second-order valence-corrected chi connectivity index (χ2v) is 13.9. The molecule has 0 aliphatic carbocycles. The summed E-state index contributed by atoms with van der Waals surface area (Å²) in [5.41, 5.74) is 7.59. The fourth-order valence-electron chi connectivity index (χ4n) is 4.14. The Bertz CT molecular complexity index is 1720. The molecule has 0 saturated carbocycles. The first kappa shape index (κ1) is 34.3. The summed E-state index contributed by atoms with van der Waals surface area (Å²) in [5, 5.41) is 6.79. The second-order valence-electron chi connectivity index (χ2n) is 9.05. The zero-order valence-electron chi connectivity index (χ0n) is 22.8. The van der Waals surface area contributed by atoms with Gasteiger partial charge in [0.1, 0.15) is 23.4 Å². The molecule has 0 bridgehead atoms. The molecule has 4 rings (SSSR count). The van der Waals surface area contributed by atoms with Crippen molar-refractivity contribution >= 4 is 58.9 Å². The number of nitrogen functional groups attached to an aromatic ring is 1. The van der Waals surface area contributed by atoms with E-state index in [1.807, 2.05) is 6.92 Å². The van der Waals surface area contributed by atoms with Crippen molar-refractivity contribution < 1.29 is 65.4 Å². The van der Waals surface area contributed by atoms with Gasteiger partial charge in [-0.05, 0) is 13.0 Å². The summed E-state index contributed by atoms with van der Waals surface area (Å²) >= 11 is 5.20. The highest BCUT2D eigenvalue weighted by Crippen LogP contribution is 2.66. The lowest BCUT2D eigenvalue weighted by atomic mass is 10.1. The number of aromatic nitrogens is 6. The van der Waals surface area contributed by atoms with E-state index >= 15 is 0 Å². The normalized spacial score (nSPS) is 23.3. The average Bonchev–Trinajstić information content (AvgIpc) is 3.54. The van der Waals surface area contributed by atoms with Gasteiger partial charge in [0.25, 0.3) is 0 Å². The van der Waals surface area contributed by atoms with Gasteiger partial charge in [-0.25, -0.2) is 28.5 Å². The van der Waals surface area contributed by atoms with E-state index in [0.29, 0.717) is 5.69 Å². The molecule has 4 heterocycles. The summed E-state index contributed by atoms with van der Waals surface area (Å²) in [7, 11) is -14.0. The molecule has 6 atom stereocenters. The fourth-order valence-corrected chi connectivity index (χ4v) is 7.42. The Hall–Kier alpha value is -2.62. The molecule has 6 unspecified atom stereocenters. The Kier molecular flexibility index (Phi) is 10.1. The summed E-state index contributed by atoms with van der Waals surface area (Å²) in [6.45, 7) is 0.916. The average molecular weight is 704 g/mol. The van der Waals surface area contributed by atoms with Gasteiger partial charge >= 0.3 is 29.6 Å². The first-order valence-electron chi connectivity index (χ1n) is 12.0. The van der Waals surface area contributed by atoms with E-state index in [4.69, 9.17) is 46.5 Å². The van der Waals surface area contributed by atoms with Crippen LogP contribution in [0, 0.1) is 11.6 Å². The Balaban J connectivity index is 1.58. The SMILES string of the molecule is COC1C(COP(=O)(O)OP(=O)(O)OP(=O)(O)O)OC(n2cnc3c(=S)nc(N)[nH]c32)C1OC(=O)NCc1cc(C)n(C)n1. The number of alkyl carbamates (subject to hydrolysis) is 1. The third-order valence-corrected chi connectivity index (χ3v) is 10.0. The number of phosphoric acid groups is 3. The van der Waals surface area contributed by atoms with Gasteiger partial charge in [0.2, 0.25) is 0 Å². The quantitative estimate of drug-likeness (QED) is 0.101. The van der Waals surface area contributed by atoms with Crippen LogP contribution in [0.4, 0.5) is 10.7 Å². The molecule has 1 aliphatic rings. The minimum Gasteiger partial charge on any atom is -0.438 e. The second kappa shape index (κ2) is 13.0. The van der Waals surface area contributed by atoms with Gasteiger partial charge in [-0.3, -0.25) is 13.8 Å². The zero-order chi connectivity index (χ0) is 32.6. The van der Waals surface area contributed by atoms with Crippen LogP contribution in [0.3, 0.4) is 0 Å². The van der Waals surface area contributed by atoms with E-state index < -0.39 is 60.7 Å². The van der Waals surface area contributed by atoms with Crippen molar-refractivity contribution in [3.8, 4) is 0 Å². The van der Waals surface area contributed by atoms with Crippen LogP contribution in [0.1, 0.15) is 17.6 Å². The number of nitrogens with two attached hydrogens (primary N) is 1. The number of fused-ring (bicyclic) bond motifs is 1. The molecular formula is C18H27N8O14P3S. The molecule has 1 amide bonds. The number of nitrogens with one attached hydrogen (secondary N) is 2. The Labute approximate surface area is 251 Å². The maximum Gasteiger partial charge on any atom is 0.490 e. The number of hydrogen-bond donors (Lipinski definition) is 7. The molecular weight excluding hydrogens is 677 g/mol. The number of amides is 1. The number of rotatable bonds is 12. The zero-order valence-corrected chi connectivity index (χ0v) is 26.3. The summed E-state index contributed by atoms with van der Waals surface area (Å²) < 4.78 is 67.2. The maximum atomic E-state index is 12.9. The van der Waals surface area contributed by atoms with E-state index in [2.05, 4.69) is 34.0 Å². The third kappa shape index (κ3) is 8.34. The molecule has 3 aromatic heterocycles. The highest BCUT2D eigenvalue weighted by molar-refractivity contribution is 7.71. The van der Waals surface area contributed by atoms with Gasteiger partial charge in [-0.2, -0.15) is 13.7 Å². The van der Waals surface area contributed by atoms with Crippen LogP contribution < -0.4 is 11.1 Å². The number of anilines is 1. The van der Waals surface area contributed by atoms with Crippen LogP contribution in [-0.2, 0) is 54.6 Å². The van der Waals surface area contributed by atoms with Gasteiger partial charge in [0.05, 0.1) is 25.2 Å². The fraction of sp³-hybridized carbons (Fsp3) is 0.500. The molecule has 1 saturated heterocycles. The molecule has 0 aromatic carbocycles. The number of phosphoric ester groups is 1. The van der Waals surface area contributed by atoms with Gasteiger partial charge < -0.3 is 49.8 Å². The first-order valence-corrected chi connectivity index (χ1v) is 16.9. The molecule has 0 spiro atoms. The highest BCUT2D eigenvalue weighted by atomic mass is 32.1. The van der Waals surface area contributed by atoms with Gasteiger partial charge in [0.15, 0.2) is 22.9 Å². The van der Waals surface area contributed by atoms with E-state index in [9.17, 15) is 28.3 Å². The highest BCUT2D eigenvalue weighted by Gasteiger charge is 2.50. The van der Waals surface area contributed by atoms with E-state index in [1.165, 1.54) is 18.0 Å². The minimum absolute atomic E-state index is 0.00479. The molecule has 244 valence electrons. The minimum atomic E-state index is -5.78. The Morgan fingerprint density at radius 1 is 1.20 bits per heavy atom. The number of carbonyl (C=O) groups is 1. The Morgan fingerprint density at radius 2 is 1.91 bits per heavy atom. The summed E-state index contributed by atoms with van der Waals surface area (Å²) in [6.07, 6.45) is -4.81. The van der Waals surface area contributed by atoms with E-state index in [0.717, 1.165) is 5.69 Å². The van der Waals surface area contributed by atoms with Crippen LogP contribution in [0.5, 0.6) is 0 Å². The van der Waals surface area contributed by atoms with Crippen molar-refractivity contribution in [2.24, 2.45) is 7.05 Å². The van der Waals surface area contributed by atoms with E-state index in [-0.39, 0.29) is 28.3 Å². The number of aromatic amines is 1. The number of carbonyl (C=O) groups excluding carboxylic acids is 1. The number of ether oxygens (including phenoxy) is 3. The number of imidazole rings is 1. The van der Waals surface area contributed by atoms with Crippen molar-refractivity contribution in [1.82, 2.24) is 34.6 Å². The van der Waals surface area contributed by atoms with Crippen molar-refractivity contribution in [3.63, 3.8) is 0 Å². The maximum absolute atomic E-state index is 12.9.